The van der Waals surface area contributed by atoms with Gasteiger partial charge in [-0.2, -0.15) is 0 Å². The lowest BCUT2D eigenvalue weighted by molar-refractivity contribution is 0.102. The summed E-state index contributed by atoms with van der Waals surface area (Å²) < 4.78 is 6.24. The number of amides is 1. The number of hydrogen-bond donors (Lipinski definition) is 1. The third kappa shape index (κ3) is 2.35. The van der Waals surface area contributed by atoms with Gasteiger partial charge in [0.1, 0.15) is 5.75 Å². The predicted molar refractivity (Wildman–Crippen MR) is 80.6 cm³/mol. The highest BCUT2D eigenvalue weighted by Gasteiger charge is 2.11. The van der Waals surface area contributed by atoms with Crippen LogP contribution in [0.5, 0.6) is 5.75 Å². The van der Waals surface area contributed by atoms with Crippen LogP contribution >= 0.6 is 11.3 Å². The molecular weight excluding hydrogens is 272 g/mol. The number of fused-ring (bicyclic) bond motifs is 1. The number of rotatable bonds is 3. The van der Waals surface area contributed by atoms with Gasteiger partial charge in [0.2, 0.25) is 0 Å². The number of nitrogens with zero attached hydrogens (tertiary/aromatic N) is 1. The lowest BCUT2D eigenvalue weighted by atomic mass is 10.2. The number of aromatic nitrogens is 1. The smallest absolute Gasteiger partial charge is 0.259 e. The first-order valence-corrected chi connectivity index (χ1v) is 6.93. The molecule has 100 valence electrons. The maximum Gasteiger partial charge on any atom is 0.259 e. The van der Waals surface area contributed by atoms with E-state index in [9.17, 15) is 4.79 Å². The maximum atomic E-state index is 12.3. The van der Waals surface area contributed by atoms with Crippen LogP contribution in [0.3, 0.4) is 0 Å². The molecule has 1 amide bonds. The molecule has 0 radical (unpaired) electrons. The van der Waals surface area contributed by atoms with Crippen LogP contribution in [0.15, 0.2) is 48.0 Å². The Hall–Kier alpha value is -2.40. The fourth-order valence-corrected chi connectivity index (χ4v) is 2.68. The van der Waals surface area contributed by atoms with Gasteiger partial charge in [0.15, 0.2) is 0 Å². The number of nitrogens with one attached hydrogen (secondary N) is 1. The minimum Gasteiger partial charge on any atom is -0.496 e. The molecule has 3 rings (SSSR count). The van der Waals surface area contributed by atoms with Crippen LogP contribution in [0.1, 0.15) is 10.4 Å². The van der Waals surface area contributed by atoms with Crippen molar-refractivity contribution in [2.75, 3.05) is 12.4 Å². The molecule has 0 fully saturated rings. The van der Waals surface area contributed by atoms with E-state index in [2.05, 4.69) is 10.3 Å². The van der Waals surface area contributed by atoms with Gasteiger partial charge in [-0.1, -0.05) is 12.1 Å². The van der Waals surface area contributed by atoms with Gasteiger partial charge in [-0.25, -0.2) is 4.98 Å². The van der Waals surface area contributed by atoms with Gasteiger partial charge < -0.3 is 10.1 Å². The number of anilines is 1. The van der Waals surface area contributed by atoms with Crippen molar-refractivity contribution in [1.29, 1.82) is 0 Å². The molecular formula is C15H12N2O2S. The molecule has 0 unspecified atom stereocenters. The van der Waals surface area contributed by atoms with Gasteiger partial charge in [-0.3, -0.25) is 4.79 Å². The van der Waals surface area contributed by atoms with E-state index in [1.807, 2.05) is 30.3 Å². The topological polar surface area (TPSA) is 51.2 Å². The number of ether oxygens (including phenoxy) is 1. The largest absolute Gasteiger partial charge is 0.496 e. The van der Waals surface area contributed by atoms with E-state index in [4.69, 9.17) is 4.74 Å². The monoisotopic (exact) mass is 284 g/mol. The summed E-state index contributed by atoms with van der Waals surface area (Å²) in [6, 6.07) is 12.8. The Kier molecular flexibility index (Phi) is 3.35. The first-order chi connectivity index (χ1) is 9.78. The number of para-hydroxylation sites is 1. The summed E-state index contributed by atoms with van der Waals surface area (Å²) in [7, 11) is 1.55. The highest BCUT2D eigenvalue weighted by Crippen LogP contribution is 2.23. The minimum atomic E-state index is -0.189. The normalized spacial score (nSPS) is 10.4. The van der Waals surface area contributed by atoms with Gasteiger partial charge >= 0.3 is 0 Å². The summed E-state index contributed by atoms with van der Waals surface area (Å²) in [5, 5.41) is 2.87. The van der Waals surface area contributed by atoms with Crippen molar-refractivity contribution >= 4 is 33.1 Å². The second-order valence-electron chi connectivity index (χ2n) is 4.19. The van der Waals surface area contributed by atoms with Crippen molar-refractivity contribution < 1.29 is 9.53 Å². The zero-order valence-electron chi connectivity index (χ0n) is 10.8. The van der Waals surface area contributed by atoms with Crippen molar-refractivity contribution in [1.82, 2.24) is 4.98 Å². The van der Waals surface area contributed by atoms with Crippen LogP contribution in [0, 0.1) is 0 Å². The molecule has 1 heterocycles. The number of thiazole rings is 1. The molecule has 0 atom stereocenters. The lowest BCUT2D eigenvalue weighted by Crippen LogP contribution is -2.12. The van der Waals surface area contributed by atoms with Crippen LogP contribution < -0.4 is 10.1 Å². The van der Waals surface area contributed by atoms with Gasteiger partial charge in [0.25, 0.3) is 5.91 Å². The first-order valence-electron chi connectivity index (χ1n) is 6.05. The molecule has 4 nitrogen and oxygen atoms in total. The molecule has 2 aromatic carbocycles. The summed E-state index contributed by atoms with van der Waals surface area (Å²) in [6.45, 7) is 0. The van der Waals surface area contributed by atoms with Gasteiger partial charge in [-0.05, 0) is 30.3 Å². The molecule has 0 saturated heterocycles. The Bertz CT molecular complexity index is 767. The number of methoxy groups -OCH3 is 1. The average molecular weight is 284 g/mol. The Morgan fingerprint density at radius 3 is 2.95 bits per heavy atom. The predicted octanol–water partition coefficient (Wildman–Crippen LogP) is 3.56. The van der Waals surface area contributed by atoms with Crippen LogP contribution in [0.4, 0.5) is 5.69 Å². The van der Waals surface area contributed by atoms with E-state index < -0.39 is 0 Å². The molecule has 1 N–H and O–H groups in total. The van der Waals surface area contributed by atoms with Gasteiger partial charge in [0.05, 0.1) is 28.4 Å². The zero-order chi connectivity index (χ0) is 13.9. The van der Waals surface area contributed by atoms with Crippen molar-refractivity contribution in [3.05, 3.63) is 53.5 Å². The number of benzene rings is 2. The molecule has 1 aromatic heterocycles. The summed E-state index contributed by atoms with van der Waals surface area (Å²) in [5.41, 5.74) is 3.98. The summed E-state index contributed by atoms with van der Waals surface area (Å²) in [6.07, 6.45) is 0. The molecule has 20 heavy (non-hydrogen) atoms. The average Bonchev–Trinajstić information content (AvgIpc) is 2.94. The van der Waals surface area contributed by atoms with E-state index in [0.29, 0.717) is 11.3 Å². The van der Waals surface area contributed by atoms with Crippen molar-refractivity contribution in [2.24, 2.45) is 0 Å². The molecule has 0 aliphatic rings. The van der Waals surface area contributed by atoms with Crippen molar-refractivity contribution in [2.45, 2.75) is 0 Å². The third-order valence-electron chi connectivity index (χ3n) is 2.94. The van der Waals surface area contributed by atoms with Crippen LogP contribution in [-0.4, -0.2) is 18.0 Å². The minimum absolute atomic E-state index is 0.189. The Labute approximate surface area is 120 Å². The quantitative estimate of drug-likeness (QED) is 0.800. The highest BCUT2D eigenvalue weighted by molar-refractivity contribution is 7.16. The van der Waals surface area contributed by atoms with E-state index in [0.717, 1.165) is 15.9 Å². The number of carbonyl (C=O) groups excluding carboxylic acids is 1. The fourth-order valence-electron chi connectivity index (χ4n) is 1.96. The number of carbonyl (C=O) groups is 1. The standard InChI is InChI=1S/C15H12N2O2S/c1-19-13-5-3-2-4-11(13)15(18)17-10-6-7-12-14(8-10)20-9-16-12/h2-9H,1H3,(H,17,18). The molecule has 0 saturated carbocycles. The van der Waals surface area contributed by atoms with Crippen LogP contribution in [-0.2, 0) is 0 Å². The van der Waals surface area contributed by atoms with Crippen LogP contribution in [0.25, 0.3) is 10.2 Å². The first kappa shape index (κ1) is 12.6. The Morgan fingerprint density at radius 1 is 1.25 bits per heavy atom. The second-order valence-corrected chi connectivity index (χ2v) is 5.08. The zero-order valence-corrected chi connectivity index (χ0v) is 11.6. The summed E-state index contributed by atoms with van der Waals surface area (Å²) in [4.78, 5) is 16.5. The van der Waals surface area contributed by atoms with Gasteiger partial charge in [0, 0.05) is 5.69 Å². The van der Waals surface area contributed by atoms with E-state index >= 15 is 0 Å². The van der Waals surface area contributed by atoms with Gasteiger partial charge in [-0.15, -0.1) is 11.3 Å². The third-order valence-corrected chi connectivity index (χ3v) is 3.73. The second kappa shape index (κ2) is 5.30. The Morgan fingerprint density at radius 2 is 2.10 bits per heavy atom. The van der Waals surface area contributed by atoms with E-state index in [1.165, 1.54) is 0 Å². The molecule has 0 aliphatic carbocycles. The lowest BCUT2D eigenvalue weighted by Gasteiger charge is -2.09. The maximum absolute atomic E-state index is 12.3. The van der Waals surface area contributed by atoms with Crippen molar-refractivity contribution in [3.8, 4) is 5.75 Å². The van der Waals surface area contributed by atoms with E-state index in [1.54, 1.807) is 36.1 Å². The summed E-state index contributed by atoms with van der Waals surface area (Å²) >= 11 is 1.54. The molecule has 0 bridgehead atoms. The highest BCUT2D eigenvalue weighted by atomic mass is 32.1. The number of hydrogen-bond acceptors (Lipinski definition) is 4. The summed E-state index contributed by atoms with van der Waals surface area (Å²) in [5.74, 6) is 0.371. The Balaban J connectivity index is 1.88. The van der Waals surface area contributed by atoms with Crippen LogP contribution in [0.2, 0.25) is 0 Å². The SMILES string of the molecule is COc1ccccc1C(=O)Nc1ccc2ncsc2c1. The molecule has 0 aliphatic heterocycles. The molecule has 5 heteroatoms. The molecule has 0 spiro atoms. The fraction of sp³-hybridized carbons (Fsp3) is 0.0667. The molecule has 3 aromatic rings. The van der Waals surface area contributed by atoms with E-state index in [-0.39, 0.29) is 5.91 Å². The van der Waals surface area contributed by atoms with Crippen molar-refractivity contribution in [3.63, 3.8) is 0 Å².